The predicted molar refractivity (Wildman–Crippen MR) is 164 cm³/mol. The van der Waals surface area contributed by atoms with E-state index < -0.39 is 72.6 Å². The zero-order chi connectivity index (χ0) is 32.3. The van der Waals surface area contributed by atoms with Gasteiger partial charge in [0.1, 0.15) is 18.4 Å². The smallest absolute Gasteiger partial charge is 0.410 e. The number of benzene rings is 1. The summed E-state index contributed by atoms with van der Waals surface area (Å²) in [5, 5.41) is 7.52. The van der Waals surface area contributed by atoms with Crippen LogP contribution in [0.1, 0.15) is 46.6 Å². The second kappa shape index (κ2) is 16.9. The summed E-state index contributed by atoms with van der Waals surface area (Å²) < 4.78 is 16.8. The van der Waals surface area contributed by atoms with E-state index in [-0.39, 0.29) is 24.9 Å². The molecule has 15 heteroatoms. The molecule has 3 N–H and O–H groups in total. The van der Waals surface area contributed by atoms with Crippen LogP contribution in [0.25, 0.3) is 0 Å². The minimum Gasteiger partial charge on any atom is -0.617 e. The zero-order valence-corrected chi connectivity index (χ0v) is 26.5. The first kappa shape index (κ1) is 35.6. The van der Waals surface area contributed by atoms with E-state index in [0.29, 0.717) is 30.1 Å². The van der Waals surface area contributed by atoms with Crippen LogP contribution in [0.4, 0.5) is 15.3 Å². The summed E-state index contributed by atoms with van der Waals surface area (Å²) in [5.74, 6) is -2.47. The molecule has 1 aliphatic heterocycles. The van der Waals surface area contributed by atoms with E-state index >= 15 is 0 Å². The molecule has 13 nitrogen and oxygen atoms in total. The number of nitrogens with one attached hydrogen (secondary N) is 3. The predicted octanol–water partition coefficient (Wildman–Crippen LogP) is 1.20. The standard InChI is InChI=1S/C28H42BN5O8S/c1-17(2)15-33(11-12-43(6)41)28(40)42-16-20-7-9-21(10-8-20)32-25(37)19(5)31-23(35)14-30-27(39)29-34-24(36)13-22(18(3)4)26(34)38/h7-10,17-19,22,29H,11-16H2,1-6H3,(H,30,39)(H,31,35)(H,32,37). The quantitative estimate of drug-likeness (QED) is 0.149. The van der Waals surface area contributed by atoms with Crippen molar-refractivity contribution in [2.45, 2.75) is 53.7 Å². The Hall–Kier alpha value is -3.59. The molecule has 3 atom stereocenters. The van der Waals surface area contributed by atoms with Crippen molar-refractivity contribution in [1.82, 2.24) is 20.3 Å². The van der Waals surface area contributed by atoms with Gasteiger partial charge in [0.2, 0.25) is 23.6 Å². The van der Waals surface area contributed by atoms with E-state index in [2.05, 4.69) is 16.0 Å². The molecule has 2 rings (SSSR count). The van der Waals surface area contributed by atoms with Gasteiger partial charge in [-0.15, -0.1) is 0 Å². The highest BCUT2D eigenvalue weighted by Gasteiger charge is 2.41. The summed E-state index contributed by atoms with van der Waals surface area (Å²) in [6.07, 6.45) is 1.16. The summed E-state index contributed by atoms with van der Waals surface area (Å²) in [6.45, 7) is 9.52. The lowest BCUT2D eigenvalue weighted by Crippen LogP contribution is -2.48. The molecule has 0 aliphatic carbocycles. The first-order chi connectivity index (χ1) is 20.2. The molecule has 1 aromatic rings. The lowest BCUT2D eigenvalue weighted by Gasteiger charge is -2.23. The van der Waals surface area contributed by atoms with Crippen molar-refractivity contribution in [2.75, 3.05) is 37.0 Å². The summed E-state index contributed by atoms with van der Waals surface area (Å²) in [5.41, 5.74) is 1.16. The van der Waals surface area contributed by atoms with Gasteiger partial charge < -0.3 is 35.0 Å². The van der Waals surface area contributed by atoms with Crippen molar-refractivity contribution >= 4 is 59.8 Å². The minimum absolute atomic E-state index is 0.0213. The third-order valence-corrected chi connectivity index (χ3v) is 7.44. The van der Waals surface area contributed by atoms with Crippen molar-refractivity contribution in [3.05, 3.63) is 29.8 Å². The van der Waals surface area contributed by atoms with E-state index in [0.717, 1.165) is 4.81 Å². The Balaban J connectivity index is 1.77. The molecule has 1 aliphatic rings. The van der Waals surface area contributed by atoms with Crippen molar-refractivity contribution < 1.29 is 38.1 Å². The van der Waals surface area contributed by atoms with Gasteiger partial charge in [-0.05, 0) is 36.5 Å². The van der Waals surface area contributed by atoms with E-state index in [1.807, 2.05) is 27.7 Å². The van der Waals surface area contributed by atoms with Gasteiger partial charge in [0, 0.05) is 24.6 Å². The number of amides is 6. The van der Waals surface area contributed by atoms with E-state index in [1.54, 1.807) is 35.4 Å². The number of anilines is 1. The Morgan fingerprint density at radius 3 is 2.33 bits per heavy atom. The van der Waals surface area contributed by atoms with Crippen molar-refractivity contribution in [3.63, 3.8) is 0 Å². The van der Waals surface area contributed by atoms with Crippen LogP contribution in [-0.4, -0.2) is 94.9 Å². The lowest BCUT2D eigenvalue weighted by atomic mass is 9.89. The maximum atomic E-state index is 12.6. The van der Waals surface area contributed by atoms with Crippen LogP contribution in [0.2, 0.25) is 0 Å². The average molecular weight is 620 g/mol. The molecule has 1 heterocycles. The number of ether oxygens (including phenoxy) is 1. The lowest BCUT2D eigenvalue weighted by molar-refractivity contribution is -0.134. The molecular weight excluding hydrogens is 577 g/mol. The van der Waals surface area contributed by atoms with Gasteiger partial charge in [-0.3, -0.25) is 24.0 Å². The molecule has 3 unspecified atom stereocenters. The average Bonchev–Trinajstić information content (AvgIpc) is 3.21. The maximum Gasteiger partial charge on any atom is 0.410 e. The van der Waals surface area contributed by atoms with Gasteiger partial charge in [-0.1, -0.05) is 51.0 Å². The molecule has 1 saturated heterocycles. The Labute approximate surface area is 256 Å². The topological polar surface area (TPSA) is 177 Å². The van der Waals surface area contributed by atoms with Crippen LogP contribution >= 0.6 is 0 Å². The van der Waals surface area contributed by atoms with Crippen molar-refractivity contribution in [1.29, 1.82) is 0 Å². The third kappa shape index (κ3) is 11.9. The normalized spacial score (nSPS) is 16.1. The summed E-state index contributed by atoms with van der Waals surface area (Å²) in [4.78, 5) is 76.4. The number of hydrogen-bond donors (Lipinski definition) is 3. The largest absolute Gasteiger partial charge is 0.617 e. The monoisotopic (exact) mass is 619 g/mol. The first-order valence-electron chi connectivity index (χ1n) is 14.2. The number of carbonyl (C=O) groups excluding carboxylic acids is 6. The molecule has 43 heavy (non-hydrogen) atoms. The fourth-order valence-corrected chi connectivity index (χ4v) is 4.72. The molecule has 6 amide bonds. The first-order valence-corrected chi connectivity index (χ1v) is 15.9. The maximum absolute atomic E-state index is 12.6. The molecule has 0 spiro atoms. The SMILES string of the molecule is CC(C)CN(CC[S+](C)[O-])C(=O)OCc1ccc(NC(=O)C(C)NC(=O)CNC(=O)BN2C(=O)CC(C(C)C)C2=O)cc1. The number of hydrogen-bond acceptors (Lipinski definition) is 8. The fraction of sp³-hybridized carbons (Fsp3) is 0.571. The number of rotatable bonds is 15. The molecule has 236 valence electrons. The van der Waals surface area contributed by atoms with Gasteiger partial charge in [0.25, 0.3) is 0 Å². The molecular formula is C28H42BN5O8S. The second-order valence-electron chi connectivity index (χ2n) is 11.3. The molecule has 0 radical (unpaired) electrons. The van der Waals surface area contributed by atoms with Gasteiger partial charge in [-0.2, -0.15) is 0 Å². The molecule has 0 aromatic heterocycles. The summed E-state index contributed by atoms with van der Waals surface area (Å²) >= 11 is -1.03. The Morgan fingerprint density at radius 1 is 1.12 bits per heavy atom. The van der Waals surface area contributed by atoms with Crippen LogP contribution in [0.3, 0.4) is 0 Å². The van der Waals surface area contributed by atoms with Crippen molar-refractivity contribution in [2.24, 2.45) is 17.8 Å². The fourth-order valence-electron chi connectivity index (χ4n) is 4.24. The Kier molecular flexibility index (Phi) is 14.0. The van der Waals surface area contributed by atoms with Crippen LogP contribution < -0.4 is 16.0 Å². The van der Waals surface area contributed by atoms with Crippen molar-refractivity contribution in [3.8, 4) is 0 Å². The molecule has 0 saturated carbocycles. The number of nitrogens with zero attached hydrogens (tertiary/aromatic N) is 2. The van der Waals surface area contributed by atoms with Crippen LogP contribution in [0.5, 0.6) is 0 Å². The highest BCUT2D eigenvalue weighted by Crippen LogP contribution is 2.25. The van der Waals surface area contributed by atoms with Crippen LogP contribution in [0.15, 0.2) is 24.3 Å². The third-order valence-electron chi connectivity index (χ3n) is 6.68. The summed E-state index contributed by atoms with van der Waals surface area (Å²) in [6, 6.07) is 5.71. The Morgan fingerprint density at radius 2 is 1.77 bits per heavy atom. The molecule has 0 bridgehead atoms. The van der Waals surface area contributed by atoms with E-state index in [9.17, 15) is 33.3 Å². The minimum atomic E-state index is -1.03. The van der Waals surface area contributed by atoms with Crippen LogP contribution in [-0.2, 0) is 41.7 Å². The highest BCUT2D eigenvalue weighted by atomic mass is 32.2. The van der Waals surface area contributed by atoms with Crippen LogP contribution in [0, 0.1) is 17.8 Å². The molecule has 1 fully saturated rings. The number of imide groups is 1. The van der Waals surface area contributed by atoms with Gasteiger partial charge in [0.05, 0.1) is 19.3 Å². The highest BCUT2D eigenvalue weighted by molar-refractivity contribution is 7.90. The molecule has 1 aromatic carbocycles. The Bertz CT molecular complexity index is 1160. The zero-order valence-electron chi connectivity index (χ0n) is 25.6. The number of carbonyl (C=O) groups is 6. The second-order valence-corrected chi connectivity index (χ2v) is 12.9. The van der Waals surface area contributed by atoms with Gasteiger partial charge in [-0.25, -0.2) is 4.79 Å². The van der Waals surface area contributed by atoms with Gasteiger partial charge in [0.15, 0.2) is 5.81 Å². The summed E-state index contributed by atoms with van der Waals surface area (Å²) in [7, 11) is -0.462. The van der Waals surface area contributed by atoms with E-state index in [1.165, 1.54) is 6.92 Å². The van der Waals surface area contributed by atoms with Gasteiger partial charge >= 0.3 is 13.5 Å². The van der Waals surface area contributed by atoms with E-state index in [4.69, 9.17) is 4.74 Å².